The van der Waals surface area contributed by atoms with Gasteiger partial charge in [0, 0.05) is 11.6 Å². The largest absolute Gasteiger partial charge is 0.306 e. The molecule has 1 heterocycles. The van der Waals surface area contributed by atoms with Crippen LogP contribution in [-0.4, -0.2) is 11.5 Å². The quantitative estimate of drug-likeness (QED) is 0.750. The van der Waals surface area contributed by atoms with Crippen LogP contribution < -0.4 is 5.32 Å². The molecule has 0 aliphatic heterocycles. The maximum atomic E-state index is 4.47. The van der Waals surface area contributed by atoms with Crippen LogP contribution in [0, 0.1) is 0 Å². The predicted molar refractivity (Wildman–Crippen MR) is 88.3 cm³/mol. The lowest BCUT2D eigenvalue weighted by atomic mass is 9.95. The van der Waals surface area contributed by atoms with Gasteiger partial charge in [0.2, 0.25) is 0 Å². The van der Waals surface area contributed by atoms with E-state index in [9.17, 15) is 0 Å². The van der Waals surface area contributed by atoms with Crippen molar-refractivity contribution in [3.05, 3.63) is 78.0 Å². The van der Waals surface area contributed by atoms with E-state index in [4.69, 9.17) is 0 Å². The van der Waals surface area contributed by atoms with E-state index in [-0.39, 0.29) is 6.04 Å². The van der Waals surface area contributed by atoms with Crippen LogP contribution in [0.2, 0.25) is 0 Å². The van der Waals surface area contributed by atoms with Crippen LogP contribution in [0.5, 0.6) is 0 Å². The highest BCUT2D eigenvalue weighted by Crippen LogP contribution is 2.28. The summed E-state index contributed by atoms with van der Waals surface area (Å²) < 4.78 is 0. The van der Waals surface area contributed by atoms with Crippen LogP contribution in [0.4, 0.5) is 0 Å². The minimum Gasteiger partial charge on any atom is -0.306 e. The fraction of sp³-hybridized carbons (Fsp3) is 0.211. The predicted octanol–water partition coefficient (Wildman–Crippen LogP) is 4.32. The third-order valence-corrected chi connectivity index (χ3v) is 3.72. The smallest absolute Gasteiger partial charge is 0.0705 e. The summed E-state index contributed by atoms with van der Waals surface area (Å²) in [6.45, 7) is 3.19. The number of hydrogen-bond acceptors (Lipinski definition) is 2. The van der Waals surface area contributed by atoms with Gasteiger partial charge in [-0.15, -0.1) is 0 Å². The molecule has 1 unspecified atom stereocenters. The number of pyridine rings is 1. The number of aromatic nitrogens is 1. The molecule has 0 saturated carbocycles. The second-order valence-corrected chi connectivity index (χ2v) is 5.22. The van der Waals surface area contributed by atoms with Crippen LogP contribution in [0.15, 0.2) is 66.9 Å². The third-order valence-electron chi connectivity index (χ3n) is 3.72. The van der Waals surface area contributed by atoms with Crippen LogP contribution in [0.25, 0.3) is 10.9 Å². The first kappa shape index (κ1) is 13.8. The van der Waals surface area contributed by atoms with Gasteiger partial charge in [-0.2, -0.15) is 0 Å². The standard InChI is InChI=1S/C19H20N2/c1-2-13-21-19(15-8-4-3-5-9-15)17-10-6-12-18-16(17)11-7-14-20-18/h3-12,14,19,21H,2,13H2,1H3. The Morgan fingerprint density at radius 1 is 0.952 bits per heavy atom. The second kappa shape index (κ2) is 6.51. The minimum atomic E-state index is 0.207. The molecule has 0 amide bonds. The van der Waals surface area contributed by atoms with E-state index in [0.717, 1.165) is 18.5 Å². The van der Waals surface area contributed by atoms with Crippen LogP contribution in [0.3, 0.4) is 0 Å². The summed E-state index contributed by atoms with van der Waals surface area (Å²) in [5, 5.41) is 4.89. The van der Waals surface area contributed by atoms with Gasteiger partial charge in [-0.05, 0) is 36.2 Å². The van der Waals surface area contributed by atoms with Crippen molar-refractivity contribution in [2.24, 2.45) is 0 Å². The Hall–Kier alpha value is -2.19. The van der Waals surface area contributed by atoms with Crippen LogP contribution in [0.1, 0.15) is 30.5 Å². The van der Waals surface area contributed by atoms with Crippen LogP contribution in [-0.2, 0) is 0 Å². The van der Waals surface area contributed by atoms with Crippen molar-refractivity contribution in [3.63, 3.8) is 0 Å². The van der Waals surface area contributed by atoms with Crippen molar-refractivity contribution in [2.45, 2.75) is 19.4 Å². The van der Waals surface area contributed by atoms with E-state index in [2.05, 4.69) is 71.8 Å². The average Bonchev–Trinajstić information content (AvgIpc) is 2.56. The van der Waals surface area contributed by atoms with Gasteiger partial charge < -0.3 is 5.32 Å². The molecule has 21 heavy (non-hydrogen) atoms. The number of benzene rings is 2. The Balaban J connectivity index is 2.10. The Bertz CT molecular complexity index is 702. The molecule has 0 aliphatic carbocycles. The second-order valence-electron chi connectivity index (χ2n) is 5.22. The molecule has 2 nitrogen and oxygen atoms in total. The van der Waals surface area contributed by atoms with E-state index in [1.54, 1.807) is 0 Å². The lowest BCUT2D eigenvalue weighted by molar-refractivity contribution is 0.601. The number of fused-ring (bicyclic) bond motifs is 1. The van der Waals surface area contributed by atoms with Gasteiger partial charge in [0.25, 0.3) is 0 Å². The molecule has 2 heteroatoms. The minimum absolute atomic E-state index is 0.207. The first-order valence-corrected chi connectivity index (χ1v) is 7.52. The number of rotatable bonds is 5. The van der Waals surface area contributed by atoms with E-state index in [1.807, 2.05) is 12.3 Å². The normalized spacial score (nSPS) is 12.4. The van der Waals surface area contributed by atoms with Crippen molar-refractivity contribution in [3.8, 4) is 0 Å². The van der Waals surface area contributed by atoms with Crippen molar-refractivity contribution < 1.29 is 0 Å². The number of hydrogen-bond donors (Lipinski definition) is 1. The molecule has 3 aromatic rings. The van der Waals surface area contributed by atoms with Gasteiger partial charge in [-0.1, -0.05) is 55.5 Å². The molecule has 3 rings (SSSR count). The first-order chi connectivity index (χ1) is 10.4. The molecule has 106 valence electrons. The summed E-state index contributed by atoms with van der Waals surface area (Å²) >= 11 is 0. The average molecular weight is 276 g/mol. The van der Waals surface area contributed by atoms with E-state index in [1.165, 1.54) is 16.5 Å². The van der Waals surface area contributed by atoms with Crippen molar-refractivity contribution in [1.29, 1.82) is 0 Å². The lowest BCUT2D eigenvalue weighted by Crippen LogP contribution is -2.23. The lowest BCUT2D eigenvalue weighted by Gasteiger charge is -2.21. The fourth-order valence-corrected chi connectivity index (χ4v) is 2.72. The summed E-state index contributed by atoms with van der Waals surface area (Å²) in [6, 6.07) is 21.3. The summed E-state index contributed by atoms with van der Waals surface area (Å²) in [4.78, 5) is 4.47. The molecular weight excluding hydrogens is 256 g/mol. The first-order valence-electron chi connectivity index (χ1n) is 7.52. The highest BCUT2D eigenvalue weighted by molar-refractivity contribution is 5.82. The summed E-state index contributed by atoms with van der Waals surface area (Å²) in [5.41, 5.74) is 3.64. The fourth-order valence-electron chi connectivity index (χ4n) is 2.72. The third kappa shape index (κ3) is 2.96. The molecule has 2 aromatic carbocycles. The van der Waals surface area contributed by atoms with Crippen LogP contribution >= 0.6 is 0 Å². The molecular formula is C19H20N2. The molecule has 0 spiro atoms. The maximum absolute atomic E-state index is 4.47. The number of nitrogens with one attached hydrogen (secondary N) is 1. The van der Waals surface area contributed by atoms with Gasteiger partial charge in [-0.25, -0.2) is 0 Å². The zero-order chi connectivity index (χ0) is 14.5. The molecule has 1 aromatic heterocycles. The highest BCUT2D eigenvalue weighted by atomic mass is 14.9. The van der Waals surface area contributed by atoms with Crippen molar-refractivity contribution in [2.75, 3.05) is 6.54 Å². The molecule has 0 bridgehead atoms. The molecule has 1 atom stereocenters. The van der Waals surface area contributed by atoms with Gasteiger partial charge in [-0.3, -0.25) is 4.98 Å². The summed E-state index contributed by atoms with van der Waals surface area (Å²) in [6.07, 6.45) is 2.97. The zero-order valence-corrected chi connectivity index (χ0v) is 12.3. The van der Waals surface area contributed by atoms with E-state index < -0.39 is 0 Å². The molecule has 0 saturated heterocycles. The molecule has 1 N–H and O–H groups in total. The SMILES string of the molecule is CCCNC(c1ccccc1)c1cccc2ncccc12. The Morgan fingerprint density at radius 2 is 1.81 bits per heavy atom. The maximum Gasteiger partial charge on any atom is 0.0705 e. The van der Waals surface area contributed by atoms with Gasteiger partial charge in [0.1, 0.15) is 0 Å². The Labute approximate surface area is 125 Å². The van der Waals surface area contributed by atoms with Gasteiger partial charge >= 0.3 is 0 Å². The van der Waals surface area contributed by atoms with E-state index >= 15 is 0 Å². The number of nitrogens with zero attached hydrogens (tertiary/aromatic N) is 1. The van der Waals surface area contributed by atoms with Crippen molar-refractivity contribution >= 4 is 10.9 Å². The topological polar surface area (TPSA) is 24.9 Å². The monoisotopic (exact) mass is 276 g/mol. The van der Waals surface area contributed by atoms with Crippen molar-refractivity contribution in [1.82, 2.24) is 10.3 Å². The van der Waals surface area contributed by atoms with E-state index in [0.29, 0.717) is 0 Å². The Morgan fingerprint density at radius 3 is 2.62 bits per heavy atom. The summed E-state index contributed by atoms with van der Waals surface area (Å²) in [7, 11) is 0. The summed E-state index contributed by atoms with van der Waals surface area (Å²) in [5.74, 6) is 0. The molecule has 0 fully saturated rings. The zero-order valence-electron chi connectivity index (χ0n) is 12.3. The van der Waals surface area contributed by atoms with Gasteiger partial charge in [0.05, 0.1) is 11.6 Å². The van der Waals surface area contributed by atoms with Gasteiger partial charge in [0.15, 0.2) is 0 Å². The highest BCUT2D eigenvalue weighted by Gasteiger charge is 2.15. The molecule has 0 aliphatic rings. The Kier molecular flexibility index (Phi) is 4.27. The molecule has 0 radical (unpaired) electrons.